The van der Waals surface area contributed by atoms with Crippen LogP contribution in [-0.2, 0) is 5.41 Å². The lowest BCUT2D eigenvalue weighted by Gasteiger charge is -2.21. The Bertz CT molecular complexity index is 2820. The molecule has 7 aromatic carbocycles. The number of para-hydroxylation sites is 1. The minimum Gasteiger partial charge on any atom is -0.308 e. The van der Waals surface area contributed by atoms with E-state index in [4.69, 9.17) is 0 Å². The summed E-state index contributed by atoms with van der Waals surface area (Å²) in [6.45, 7) is 13.1. The molecule has 9 aromatic rings. The molecule has 1 aliphatic rings. The monoisotopic (exact) mass is 643 g/mol. The van der Waals surface area contributed by atoms with Crippen molar-refractivity contribution in [3.05, 3.63) is 162 Å². The number of hydrogen-bond donors (Lipinski definition) is 0. The molecule has 2 heterocycles. The SMILES string of the molecule is C/C=C\C.Cc1ccccc1-c1cc2cc3c(cc2cc1C)c1cccc2c4cc(-c5ccc6c(c5)-c5ccccc5C6(C)C)ccc4n3c21. The highest BCUT2D eigenvalue weighted by Crippen LogP contribution is 2.50. The van der Waals surface area contributed by atoms with E-state index < -0.39 is 0 Å². The smallest absolute Gasteiger partial charge is 0.0620 e. The molecule has 242 valence electrons. The van der Waals surface area contributed by atoms with Crippen LogP contribution in [0.2, 0.25) is 0 Å². The van der Waals surface area contributed by atoms with E-state index in [2.05, 4.69) is 159 Å². The molecular weight excluding hydrogens is 603 g/mol. The highest BCUT2D eigenvalue weighted by molar-refractivity contribution is 6.25. The Kier molecular flexibility index (Phi) is 6.80. The Morgan fingerprint density at radius 2 is 1.10 bits per heavy atom. The molecule has 50 heavy (non-hydrogen) atoms. The number of aromatic nitrogens is 1. The van der Waals surface area contributed by atoms with E-state index in [9.17, 15) is 0 Å². The van der Waals surface area contributed by atoms with Gasteiger partial charge < -0.3 is 4.40 Å². The summed E-state index contributed by atoms with van der Waals surface area (Å²) in [6.07, 6.45) is 4.00. The van der Waals surface area contributed by atoms with Crippen LogP contribution >= 0.6 is 0 Å². The molecule has 2 aromatic heterocycles. The van der Waals surface area contributed by atoms with Crippen molar-refractivity contribution in [3.8, 4) is 33.4 Å². The average Bonchev–Trinajstić information content (AvgIpc) is 3.73. The van der Waals surface area contributed by atoms with Gasteiger partial charge >= 0.3 is 0 Å². The molecule has 0 spiro atoms. The van der Waals surface area contributed by atoms with Crippen LogP contribution in [-0.4, -0.2) is 4.40 Å². The molecule has 1 nitrogen and oxygen atoms in total. The fraction of sp³-hybridized carbons (Fsp3) is 0.143. The van der Waals surface area contributed by atoms with Crippen LogP contribution in [0.5, 0.6) is 0 Å². The third-order valence-corrected chi connectivity index (χ3v) is 11.3. The van der Waals surface area contributed by atoms with E-state index in [1.807, 2.05) is 26.0 Å². The van der Waals surface area contributed by atoms with Crippen molar-refractivity contribution in [1.82, 2.24) is 4.40 Å². The van der Waals surface area contributed by atoms with Crippen LogP contribution in [0.3, 0.4) is 0 Å². The summed E-state index contributed by atoms with van der Waals surface area (Å²) in [4.78, 5) is 0. The number of aryl methyl sites for hydroxylation is 2. The third-order valence-electron chi connectivity index (χ3n) is 11.3. The van der Waals surface area contributed by atoms with E-state index in [-0.39, 0.29) is 5.41 Å². The number of hydrogen-bond acceptors (Lipinski definition) is 0. The zero-order chi connectivity index (χ0) is 34.3. The van der Waals surface area contributed by atoms with Crippen LogP contribution in [0.4, 0.5) is 0 Å². The second-order valence-corrected chi connectivity index (χ2v) is 14.6. The first kappa shape index (κ1) is 30.4. The van der Waals surface area contributed by atoms with Gasteiger partial charge in [-0.25, -0.2) is 0 Å². The average molecular weight is 644 g/mol. The normalized spacial score (nSPS) is 13.5. The standard InChI is InChI=1S/C45H33N.C4H8/c1-26-10-5-6-11-32(26)36-23-31-25-43-39(24-30(31)20-27(36)2)35-14-9-13-34-38-22-29(17-19-42(38)46(43)44(34)35)28-16-18-41-37(21-28)33-12-7-8-15-40(33)45(41,3)4;1-3-4-2/h5-25H,1-4H3;3-4H,1-2H3/b;4-3-. The molecular formula is C49H41N. The maximum absolute atomic E-state index is 2.51. The Hall–Kier alpha value is -5.66. The first-order valence-corrected chi connectivity index (χ1v) is 17.8. The predicted octanol–water partition coefficient (Wildman–Crippen LogP) is 13.8. The Balaban J connectivity index is 0.000000801. The van der Waals surface area contributed by atoms with Gasteiger partial charge in [0.2, 0.25) is 0 Å². The van der Waals surface area contributed by atoms with Crippen molar-refractivity contribution < 1.29 is 0 Å². The summed E-state index contributed by atoms with van der Waals surface area (Å²) < 4.78 is 2.51. The minimum atomic E-state index is 0.0200. The largest absolute Gasteiger partial charge is 0.308 e. The molecule has 1 heteroatoms. The van der Waals surface area contributed by atoms with Crippen LogP contribution < -0.4 is 0 Å². The molecule has 0 bridgehead atoms. The van der Waals surface area contributed by atoms with Crippen molar-refractivity contribution >= 4 is 48.9 Å². The van der Waals surface area contributed by atoms with E-state index in [0.29, 0.717) is 0 Å². The van der Waals surface area contributed by atoms with Gasteiger partial charge in [-0.3, -0.25) is 0 Å². The number of fused-ring (bicyclic) bond motifs is 10. The Morgan fingerprint density at radius 1 is 0.460 bits per heavy atom. The second-order valence-electron chi connectivity index (χ2n) is 14.6. The summed E-state index contributed by atoms with van der Waals surface area (Å²) in [7, 11) is 0. The lowest BCUT2D eigenvalue weighted by Crippen LogP contribution is -2.14. The molecule has 0 amide bonds. The van der Waals surface area contributed by atoms with Crippen LogP contribution in [0.15, 0.2) is 140 Å². The minimum absolute atomic E-state index is 0.0200. The van der Waals surface area contributed by atoms with Crippen LogP contribution in [0, 0.1) is 13.8 Å². The molecule has 1 aliphatic carbocycles. The molecule has 0 atom stereocenters. The van der Waals surface area contributed by atoms with Gasteiger partial charge in [0.1, 0.15) is 0 Å². The van der Waals surface area contributed by atoms with Crippen LogP contribution in [0.1, 0.15) is 49.9 Å². The summed E-state index contributed by atoms with van der Waals surface area (Å²) in [5.74, 6) is 0. The van der Waals surface area contributed by atoms with Crippen molar-refractivity contribution in [2.24, 2.45) is 0 Å². The van der Waals surface area contributed by atoms with Crippen molar-refractivity contribution in [3.63, 3.8) is 0 Å². The van der Waals surface area contributed by atoms with Gasteiger partial charge in [-0.15, -0.1) is 0 Å². The summed E-state index contributed by atoms with van der Waals surface area (Å²) in [5.41, 5.74) is 17.2. The first-order valence-electron chi connectivity index (χ1n) is 17.8. The summed E-state index contributed by atoms with van der Waals surface area (Å²) in [5, 5.41) is 7.85. The fourth-order valence-electron chi connectivity index (χ4n) is 8.63. The number of rotatable bonds is 2. The van der Waals surface area contributed by atoms with Gasteiger partial charge in [-0.1, -0.05) is 117 Å². The van der Waals surface area contributed by atoms with Gasteiger partial charge in [0.25, 0.3) is 0 Å². The number of allylic oxidation sites excluding steroid dienone is 2. The summed E-state index contributed by atoms with van der Waals surface area (Å²) >= 11 is 0. The lowest BCUT2D eigenvalue weighted by atomic mass is 9.82. The van der Waals surface area contributed by atoms with E-state index in [0.717, 1.165) is 0 Å². The van der Waals surface area contributed by atoms with E-state index >= 15 is 0 Å². The first-order chi connectivity index (χ1) is 24.3. The molecule has 0 radical (unpaired) electrons. The van der Waals surface area contributed by atoms with Crippen molar-refractivity contribution in [2.75, 3.05) is 0 Å². The zero-order valence-corrected chi connectivity index (χ0v) is 29.7. The number of benzene rings is 7. The Labute approximate surface area is 294 Å². The second kappa shape index (κ2) is 11.2. The van der Waals surface area contributed by atoms with Crippen LogP contribution in [0.25, 0.3) is 82.2 Å². The molecule has 0 N–H and O–H groups in total. The maximum Gasteiger partial charge on any atom is 0.0620 e. The van der Waals surface area contributed by atoms with Gasteiger partial charge in [0, 0.05) is 27.0 Å². The lowest BCUT2D eigenvalue weighted by molar-refractivity contribution is 0.660. The summed E-state index contributed by atoms with van der Waals surface area (Å²) in [6, 6.07) is 48.2. The third kappa shape index (κ3) is 4.33. The van der Waals surface area contributed by atoms with E-state index in [1.165, 1.54) is 105 Å². The molecule has 0 fully saturated rings. The molecule has 0 unspecified atom stereocenters. The highest BCUT2D eigenvalue weighted by atomic mass is 14.9. The van der Waals surface area contributed by atoms with Gasteiger partial charge in [-0.05, 0) is 131 Å². The Morgan fingerprint density at radius 3 is 1.86 bits per heavy atom. The predicted molar refractivity (Wildman–Crippen MR) is 217 cm³/mol. The van der Waals surface area contributed by atoms with Gasteiger partial charge in [0.05, 0.1) is 16.6 Å². The molecule has 0 aliphatic heterocycles. The van der Waals surface area contributed by atoms with Crippen molar-refractivity contribution in [2.45, 2.75) is 47.0 Å². The topological polar surface area (TPSA) is 4.41 Å². The van der Waals surface area contributed by atoms with Crippen molar-refractivity contribution in [1.29, 1.82) is 0 Å². The fourth-order valence-corrected chi connectivity index (χ4v) is 8.63. The zero-order valence-electron chi connectivity index (χ0n) is 29.7. The maximum atomic E-state index is 2.51. The van der Waals surface area contributed by atoms with Gasteiger partial charge in [-0.2, -0.15) is 0 Å². The highest BCUT2D eigenvalue weighted by Gasteiger charge is 2.35. The molecule has 10 rings (SSSR count). The quantitative estimate of drug-likeness (QED) is 0.165. The van der Waals surface area contributed by atoms with Gasteiger partial charge in [0.15, 0.2) is 0 Å². The number of nitrogens with zero attached hydrogens (tertiary/aromatic N) is 1. The molecule has 0 saturated carbocycles. The molecule has 0 saturated heterocycles. The van der Waals surface area contributed by atoms with E-state index in [1.54, 1.807) is 0 Å².